The molecule has 0 aromatic carbocycles. The molecule has 1 unspecified atom stereocenters. The second kappa shape index (κ2) is 4.49. The molecule has 3 heteroatoms. The maximum absolute atomic E-state index is 5.26. The van der Waals surface area contributed by atoms with Gasteiger partial charge in [-0.1, -0.05) is 19.3 Å². The summed E-state index contributed by atoms with van der Waals surface area (Å²) in [5.74, 6) is 0.911. The van der Waals surface area contributed by atoms with Gasteiger partial charge in [-0.3, -0.25) is 0 Å². The van der Waals surface area contributed by atoms with Crippen molar-refractivity contribution >= 4 is 15.9 Å². The van der Waals surface area contributed by atoms with Crippen LogP contribution in [0.4, 0.5) is 0 Å². The Hall–Kier alpha value is -0.280. The van der Waals surface area contributed by atoms with E-state index in [1.54, 1.807) is 6.26 Å². The molecule has 2 nitrogen and oxygen atoms in total. The number of hydrogen-bond donors (Lipinski definition) is 1. The lowest BCUT2D eigenvalue weighted by atomic mass is 9.80. The second-order valence-corrected chi connectivity index (χ2v) is 4.74. The minimum Gasteiger partial charge on any atom is -0.457 e. The number of furan rings is 1. The summed E-state index contributed by atoms with van der Waals surface area (Å²) < 4.78 is 6.13. The van der Waals surface area contributed by atoms with Crippen LogP contribution in [0, 0.1) is 5.92 Å². The van der Waals surface area contributed by atoms with Crippen LogP contribution in [0.2, 0.25) is 0 Å². The van der Waals surface area contributed by atoms with Gasteiger partial charge in [-0.2, -0.15) is 0 Å². The minimum atomic E-state index is 0.438. The molecule has 78 valence electrons. The molecule has 1 aromatic heterocycles. The monoisotopic (exact) mass is 257 g/mol. The molecule has 1 heterocycles. The summed E-state index contributed by atoms with van der Waals surface area (Å²) in [6.07, 6.45) is 7.17. The Bertz CT molecular complexity index is 293. The van der Waals surface area contributed by atoms with E-state index in [4.69, 9.17) is 4.42 Å². The number of rotatable bonds is 4. The summed E-state index contributed by atoms with van der Waals surface area (Å²) in [6.45, 7) is 0. The van der Waals surface area contributed by atoms with Gasteiger partial charge in [-0.05, 0) is 41.4 Å². The van der Waals surface area contributed by atoms with E-state index in [1.165, 1.54) is 31.2 Å². The predicted molar refractivity (Wildman–Crippen MR) is 60.2 cm³/mol. The molecule has 1 atom stereocenters. The first-order valence-corrected chi connectivity index (χ1v) is 6.00. The highest BCUT2D eigenvalue weighted by Crippen LogP contribution is 2.36. The number of nitrogens with one attached hydrogen (secondary N) is 1. The van der Waals surface area contributed by atoms with Crippen molar-refractivity contribution in [2.75, 3.05) is 7.05 Å². The first-order valence-electron chi connectivity index (χ1n) is 5.21. The first-order chi connectivity index (χ1) is 6.81. The summed E-state index contributed by atoms with van der Waals surface area (Å²) in [6, 6.07) is 2.48. The molecule has 1 aliphatic carbocycles. The molecule has 1 saturated carbocycles. The Morgan fingerprint density at radius 1 is 1.64 bits per heavy atom. The van der Waals surface area contributed by atoms with Crippen molar-refractivity contribution in [3.63, 3.8) is 0 Å². The molecule has 1 N–H and O–H groups in total. The van der Waals surface area contributed by atoms with Crippen LogP contribution in [0.25, 0.3) is 0 Å². The zero-order valence-electron chi connectivity index (χ0n) is 8.42. The fraction of sp³-hybridized carbons (Fsp3) is 0.636. The van der Waals surface area contributed by atoms with Gasteiger partial charge in [0.05, 0.1) is 6.26 Å². The highest BCUT2D eigenvalue weighted by Gasteiger charge is 2.24. The van der Waals surface area contributed by atoms with Crippen LogP contribution in [-0.2, 0) is 0 Å². The summed E-state index contributed by atoms with van der Waals surface area (Å²) in [7, 11) is 2.02. The van der Waals surface area contributed by atoms with Gasteiger partial charge in [0.15, 0.2) is 4.67 Å². The average Bonchev–Trinajstić information content (AvgIpc) is 2.51. The van der Waals surface area contributed by atoms with E-state index in [-0.39, 0.29) is 0 Å². The third-order valence-electron chi connectivity index (χ3n) is 3.16. The zero-order valence-corrected chi connectivity index (χ0v) is 10.0. The number of halogens is 1. The molecular weight excluding hydrogens is 242 g/mol. The summed E-state index contributed by atoms with van der Waals surface area (Å²) in [4.78, 5) is 0. The Labute approximate surface area is 93.2 Å². The van der Waals surface area contributed by atoms with E-state index in [1.807, 2.05) is 13.1 Å². The highest BCUT2D eigenvalue weighted by atomic mass is 79.9. The predicted octanol–water partition coefficient (Wildman–Crippen LogP) is 3.49. The summed E-state index contributed by atoms with van der Waals surface area (Å²) in [5.41, 5.74) is 1.25. The Balaban J connectivity index is 2.01. The van der Waals surface area contributed by atoms with Crippen molar-refractivity contribution in [3.8, 4) is 0 Å². The van der Waals surface area contributed by atoms with Gasteiger partial charge >= 0.3 is 0 Å². The molecule has 1 fully saturated rings. The standard InChI is InChI=1S/C11H16BrNO/c1-13-10(7-8-3-2-4-8)9-5-6-14-11(9)12/h5-6,8,10,13H,2-4,7H2,1H3. The SMILES string of the molecule is CNC(CC1CCC1)c1ccoc1Br. The van der Waals surface area contributed by atoms with E-state index < -0.39 is 0 Å². The molecule has 1 aromatic rings. The van der Waals surface area contributed by atoms with Crippen LogP contribution < -0.4 is 5.32 Å². The van der Waals surface area contributed by atoms with Gasteiger partial charge < -0.3 is 9.73 Å². The van der Waals surface area contributed by atoms with Gasteiger partial charge in [0.1, 0.15) is 0 Å². The molecule has 1 aliphatic rings. The van der Waals surface area contributed by atoms with E-state index in [9.17, 15) is 0 Å². The lowest BCUT2D eigenvalue weighted by Gasteiger charge is -2.29. The summed E-state index contributed by atoms with van der Waals surface area (Å²) in [5, 5.41) is 3.35. The molecule has 14 heavy (non-hydrogen) atoms. The minimum absolute atomic E-state index is 0.438. The van der Waals surface area contributed by atoms with Gasteiger partial charge in [0.2, 0.25) is 0 Å². The van der Waals surface area contributed by atoms with Crippen molar-refractivity contribution in [2.24, 2.45) is 5.92 Å². The zero-order chi connectivity index (χ0) is 9.97. The Kier molecular flexibility index (Phi) is 3.29. The molecule has 0 amide bonds. The second-order valence-electron chi connectivity index (χ2n) is 4.02. The smallest absolute Gasteiger partial charge is 0.173 e. The van der Waals surface area contributed by atoms with Crippen molar-refractivity contribution in [2.45, 2.75) is 31.7 Å². The molecule has 0 aliphatic heterocycles. The fourth-order valence-electron chi connectivity index (χ4n) is 2.02. The summed E-state index contributed by atoms with van der Waals surface area (Å²) >= 11 is 3.43. The fourth-order valence-corrected chi connectivity index (χ4v) is 2.53. The van der Waals surface area contributed by atoms with Crippen LogP contribution in [0.15, 0.2) is 21.4 Å². The molecule has 2 rings (SSSR count). The van der Waals surface area contributed by atoms with Gasteiger partial charge in [0, 0.05) is 11.6 Å². The molecule has 0 radical (unpaired) electrons. The average molecular weight is 258 g/mol. The Morgan fingerprint density at radius 2 is 2.43 bits per heavy atom. The quantitative estimate of drug-likeness (QED) is 0.894. The third-order valence-corrected chi connectivity index (χ3v) is 3.81. The Morgan fingerprint density at radius 3 is 2.86 bits per heavy atom. The van der Waals surface area contributed by atoms with E-state index >= 15 is 0 Å². The van der Waals surface area contributed by atoms with Gasteiger partial charge in [-0.25, -0.2) is 0 Å². The maximum Gasteiger partial charge on any atom is 0.173 e. The van der Waals surface area contributed by atoms with Gasteiger partial charge in [0.25, 0.3) is 0 Å². The van der Waals surface area contributed by atoms with Crippen LogP contribution in [0.1, 0.15) is 37.3 Å². The normalized spacial score (nSPS) is 19.3. The lowest BCUT2D eigenvalue weighted by Crippen LogP contribution is -2.23. The molecule has 0 bridgehead atoms. The van der Waals surface area contributed by atoms with Crippen molar-refractivity contribution < 1.29 is 4.42 Å². The van der Waals surface area contributed by atoms with E-state index in [0.717, 1.165) is 10.6 Å². The van der Waals surface area contributed by atoms with Crippen LogP contribution in [-0.4, -0.2) is 7.05 Å². The lowest BCUT2D eigenvalue weighted by molar-refractivity contribution is 0.265. The van der Waals surface area contributed by atoms with Crippen LogP contribution >= 0.6 is 15.9 Å². The number of hydrogen-bond acceptors (Lipinski definition) is 2. The molecule has 0 saturated heterocycles. The highest BCUT2D eigenvalue weighted by molar-refractivity contribution is 9.10. The molecular formula is C11H16BrNO. The largest absolute Gasteiger partial charge is 0.457 e. The topological polar surface area (TPSA) is 25.2 Å². The van der Waals surface area contributed by atoms with Crippen LogP contribution in [0.5, 0.6) is 0 Å². The van der Waals surface area contributed by atoms with E-state index in [2.05, 4.69) is 21.2 Å². The first kappa shape index (κ1) is 10.2. The van der Waals surface area contributed by atoms with Crippen molar-refractivity contribution in [1.29, 1.82) is 0 Å². The van der Waals surface area contributed by atoms with E-state index in [0.29, 0.717) is 6.04 Å². The molecule has 0 spiro atoms. The van der Waals surface area contributed by atoms with Crippen LogP contribution in [0.3, 0.4) is 0 Å². The maximum atomic E-state index is 5.26. The van der Waals surface area contributed by atoms with Crippen molar-refractivity contribution in [3.05, 3.63) is 22.6 Å². The van der Waals surface area contributed by atoms with Crippen molar-refractivity contribution in [1.82, 2.24) is 5.32 Å². The van der Waals surface area contributed by atoms with Gasteiger partial charge in [-0.15, -0.1) is 0 Å². The third kappa shape index (κ3) is 2.04.